The molecule has 0 aliphatic heterocycles. The van der Waals surface area contributed by atoms with Gasteiger partial charge in [0.25, 0.3) is 0 Å². The number of hydrogen-bond donors (Lipinski definition) is 0. The normalized spacial score (nSPS) is 25.4. The van der Waals surface area contributed by atoms with Crippen LogP contribution in [0.4, 0.5) is 8.78 Å². The molecule has 2 aromatic rings. The topological polar surface area (TPSA) is 35.5 Å². The maximum Gasteiger partial charge on any atom is 0.346 e. The van der Waals surface area contributed by atoms with Crippen molar-refractivity contribution in [2.45, 2.75) is 44.4 Å². The number of carbonyl (C=O) groups is 1. The summed E-state index contributed by atoms with van der Waals surface area (Å²) in [6.07, 6.45) is 9.00. The molecule has 3 nitrogen and oxygen atoms in total. The van der Waals surface area contributed by atoms with Gasteiger partial charge < -0.3 is 9.47 Å². The van der Waals surface area contributed by atoms with Crippen LogP contribution in [0.1, 0.15) is 60.4 Å². The quantitative estimate of drug-likeness (QED) is 0.304. The molecule has 0 amide bonds. The molecule has 2 aliphatic carbocycles. The third-order valence-electron chi connectivity index (χ3n) is 7.01. The van der Waals surface area contributed by atoms with Crippen molar-refractivity contribution < 1.29 is 23.0 Å². The van der Waals surface area contributed by atoms with Crippen molar-refractivity contribution in [1.82, 2.24) is 0 Å². The van der Waals surface area contributed by atoms with Gasteiger partial charge in [-0.3, -0.25) is 0 Å². The summed E-state index contributed by atoms with van der Waals surface area (Å²) in [6, 6.07) is 8.58. The predicted molar refractivity (Wildman–Crippen MR) is 115 cm³/mol. The molecule has 2 fully saturated rings. The average molecular weight is 427 g/mol. The fourth-order valence-electron chi connectivity index (χ4n) is 5.27. The summed E-state index contributed by atoms with van der Waals surface area (Å²) < 4.78 is 38.6. The molecule has 0 bridgehead atoms. The van der Waals surface area contributed by atoms with Crippen molar-refractivity contribution in [2.24, 2.45) is 17.8 Å². The van der Waals surface area contributed by atoms with Crippen LogP contribution < -0.4 is 9.47 Å². The molecule has 2 saturated carbocycles. The van der Waals surface area contributed by atoms with E-state index in [9.17, 15) is 13.6 Å². The van der Waals surface area contributed by atoms with Gasteiger partial charge in [0.05, 0.1) is 12.7 Å². The standard InChI is InChI=1S/C26H28F2O3/c1-3-16-4-5-18-13-19(7-6-17(18)12-16)20-8-10-22(23(27)14-20)26(29)31-21-9-11-25(30-2)24(28)15-21/h3,8-11,14-19H,1,4-7,12-13H2,2H3. The van der Waals surface area contributed by atoms with Crippen LogP contribution in [0.25, 0.3) is 0 Å². The van der Waals surface area contributed by atoms with Crippen molar-refractivity contribution >= 4 is 5.97 Å². The number of hydrogen-bond acceptors (Lipinski definition) is 3. The maximum absolute atomic E-state index is 14.8. The number of rotatable bonds is 5. The molecule has 2 aliphatic rings. The number of halogens is 2. The van der Waals surface area contributed by atoms with Gasteiger partial charge in [-0.25, -0.2) is 13.6 Å². The Bertz CT molecular complexity index is 971. The Morgan fingerprint density at radius 1 is 1.00 bits per heavy atom. The molecular weight excluding hydrogens is 398 g/mol. The van der Waals surface area contributed by atoms with Crippen LogP contribution in [0.15, 0.2) is 49.1 Å². The third-order valence-corrected chi connectivity index (χ3v) is 7.01. The fourth-order valence-corrected chi connectivity index (χ4v) is 5.27. The summed E-state index contributed by atoms with van der Waals surface area (Å²) in [5, 5.41) is 0. The number of allylic oxidation sites excluding steroid dienone is 1. The monoisotopic (exact) mass is 426 g/mol. The van der Waals surface area contributed by atoms with Crippen molar-refractivity contribution in [3.63, 3.8) is 0 Å². The molecule has 2 aromatic carbocycles. The van der Waals surface area contributed by atoms with E-state index in [0.29, 0.717) is 17.8 Å². The van der Waals surface area contributed by atoms with Gasteiger partial charge in [-0.1, -0.05) is 12.1 Å². The van der Waals surface area contributed by atoms with E-state index in [-0.39, 0.29) is 17.1 Å². The first kappa shape index (κ1) is 21.5. The van der Waals surface area contributed by atoms with Crippen molar-refractivity contribution in [1.29, 1.82) is 0 Å². The van der Waals surface area contributed by atoms with Gasteiger partial charge in [-0.2, -0.15) is 0 Å². The number of methoxy groups -OCH3 is 1. The molecule has 0 heterocycles. The smallest absolute Gasteiger partial charge is 0.346 e. The minimum Gasteiger partial charge on any atom is -0.494 e. The van der Waals surface area contributed by atoms with E-state index in [4.69, 9.17) is 9.47 Å². The Labute approximate surface area is 182 Å². The first-order valence-electron chi connectivity index (χ1n) is 11.0. The van der Waals surface area contributed by atoms with Crippen molar-refractivity contribution in [3.8, 4) is 11.5 Å². The van der Waals surface area contributed by atoms with Crippen LogP contribution in [0, 0.1) is 29.4 Å². The number of benzene rings is 2. The van der Waals surface area contributed by atoms with Crippen LogP contribution in [0.5, 0.6) is 11.5 Å². The first-order chi connectivity index (χ1) is 15.0. The highest BCUT2D eigenvalue weighted by molar-refractivity contribution is 5.91. The lowest BCUT2D eigenvalue weighted by Gasteiger charge is -2.41. The van der Waals surface area contributed by atoms with E-state index in [1.54, 1.807) is 0 Å². The molecule has 4 atom stereocenters. The Kier molecular flexibility index (Phi) is 6.40. The molecular formula is C26H28F2O3. The van der Waals surface area contributed by atoms with E-state index in [1.807, 2.05) is 6.07 Å². The van der Waals surface area contributed by atoms with E-state index >= 15 is 0 Å². The van der Waals surface area contributed by atoms with E-state index in [0.717, 1.165) is 36.8 Å². The lowest BCUT2D eigenvalue weighted by atomic mass is 9.64. The molecule has 4 unspecified atom stereocenters. The zero-order chi connectivity index (χ0) is 22.0. The van der Waals surface area contributed by atoms with Gasteiger partial charge in [0, 0.05) is 6.07 Å². The third kappa shape index (κ3) is 4.65. The van der Waals surface area contributed by atoms with E-state index in [2.05, 4.69) is 12.7 Å². The zero-order valence-corrected chi connectivity index (χ0v) is 17.8. The second-order valence-electron chi connectivity index (χ2n) is 8.76. The largest absolute Gasteiger partial charge is 0.494 e. The molecule has 5 heteroatoms. The van der Waals surface area contributed by atoms with Crippen LogP contribution in [-0.2, 0) is 0 Å². The molecule has 0 radical (unpaired) electrons. The first-order valence-corrected chi connectivity index (χ1v) is 11.0. The lowest BCUT2D eigenvalue weighted by Crippen LogP contribution is -2.30. The number of ether oxygens (including phenoxy) is 2. The molecule has 0 spiro atoms. The van der Waals surface area contributed by atoms with Crippen LogP contribution in [-0.4, -0.2) is 13.1 Å². The summed E-state index contributed by atoms with van der Waals surface area (Å²) in [4.78, 5) is 12.4. The van der Waals surface area contributed by atoms with Gasteiger partial charge in [0.15, 0.2) is 11.6 Å². The van der Waals surface area contributed by atoms with Crippen LogP contribution in [0.3, 0.4) is 0 Å². The minimum atomic E-state index is -0.847. The molecule has 31 heavy (non-hydrogen) atoms. The van der Waals surface area contributed by atoms with Crippen molar-refractivity contribution in [2.75, 3.05) is 7.11 Å². The summed E-state index contributed by atoms with van der Waals surface area (Å²) in [6.45, 7) is 3.95. The highest BCUT2D eigenvalue weighted by Crippen LogP contribution is 2.47. The zero-order valence-electron chi connectivity index (χ0n) is 17.8. The van der Waals surface area contributed by atoms with Gasteiger partial charge >= 0.3 is 5.97 Å². The summed E-state index contributed by atoms with van der Waals surface area (Å²) in [5.41, 5.74) is 0.786. The second kappa shape index (κ2) is 9.21. The fraction of sp³-hybridized carbons (Fsp3) is 0.423. The number of esters is 1. The van der Waals surface area contributed by atoms with Crippen molar-refractivity contribution in [3.05, 3.63) is 71.8 Å². The van der Waals surface area contributed by atoms with E-state index < -0.39 is 17.6 Å². The number of carbonyl (C=O) groups excluding carboxylic acids is 1. The van der Waals surface area contributed by atoms with Crippen LogP contribution >= 0.6 is 0 Å². The minimum absolute atomic E-state index is 0.000209. The highest BCUT2D eigenvalue weighted by atomic mass is 19.1. The van der Waals surface area contributed by atoms with Crippen LogP contribution in [0.2, 0.25) is 0 Å². The van der Waals surface area contributed by atoms with Gasteiger partial charge in [0.2, 0.25) is 0 Å². The average Bonchev–Trinajstić information content (AvgIpc) is 2.78. The Morgan fingerprint density at radius 3 is 2.48 bits per heavy atom. The summed E-state index contributed by atoms with van der Waals surface area (Å²) in [7, 11) is 1.35. The molecule has 0 aromatic heterocycles. The SMILES string of the molecule is C=CC1CCC2CC(c3ccc(C(=O)Oc4ccc(OC)c(F)c4)c(F)c3)CCC2C1. The molecule has 164 valence electrons. The summed E-state index contributed by atoms with van der Waals surface area (Å²) in [5.74, 6) is 0.333. The predicted octanol–water partition coefficient (Wildman–Crippen LogP) is 6.68. The Balaban J connectivity index is 1.43. The molecule has 4 rings (SSSR count). The summed E-state index contributed by atoms with van der Waals surface area (Å²) >= 11 is 0. The maximum atomic E-state index is 14.8. The Hall–Kier alpha value is -2.69. The second-order valence-corrected chi connectivity index (χ2v) is 8.76. The van der Waals surface area contributed by atoms with E-state index in [1.165, 1.54) is 50.6 Å². The highest BCUT2D eigenvalue weighted by Gasteiger charge is 2.35. The number of fused-ring (bicyclic) bond motifs is 1. The Morgan fingerprint density at radius 2 is 1.77 bits per heavy atom. The molecule has 0 N–H and O–H groups in total. The lowest BCUT2D eigenvalue weighted by molar-refractivity contribution is 0.0729. The van der Waals surface area contributed by atoms with Gasteiger partial charge in [-0.15, -0.1) is 6.58 Å². The van der Waals surface area contributed by atoms with Gasteiger partial charge in [0.1, 0.15) is 11.6 Å². The van der Waals surface area contributed by atoms with Gasteiger partial charge in [-0.05, 0) is 92.0 Å². The molecule has 0 saturated heterocycles.